The minimum absolute atomic E-state index is 0.0541. The third kappa shape index (κ3) is 5.74. The van der Waals surface area contributed by atoms with Crippen molar-refractivity contribution >= 4 is 21.6 Å². The number of para-hydroxylation sites is 1. The fraction of sp³-hybridized carbons (Fsp3) is 0.519. The number of carbonyl (C=O) groups excluding carboxylic acids is 1. The molecule has 1 N–H and O–H groups in total. The highest BCUT2D eigenvalue weighted by atomic mass is 32.2. The van der Waals surface area contributed by atoms with Gasteiger partial charge in [0, 0.05) is 24.9 Å². The molecule has 34 heavy (non-hydrogen) atoms. The van der Waals surface area contributed by atoms with E-state index in [2.05, 4.69) is 5.32 Å². The lowest BCUT2D eigenvalue weighted by Gasteiger charge is -2.44. The average Bonchev–Trinajstić information content (AvgIpc) is 2.75. The summed E-state index contributed by atoms with van der Waals surface area (Å²) in [5.41, 5.74) is 3.51. The zero-order chi connectivity index (χ0) is 24.3. The van der Waals surface area contributed by atoms with Gasteiger partial charge in [0.1, 0.15) is 11.4 Å². The lowest BCUT2D eigenvalue weighted by molar-refractivity contribution is -0.122. The number of ether oxygens (including phenoxy) is 1. The SMILES string of the molecule is Cc1cc(C)cc(N(CCCC(=O)N[C@H]2CC3(CCCCC3)Oc3ccccc32)S(C)(=O)=O)c1. The van der Waals surface area contributed by atoms with Crippen LogP contribution in [0.2, 0.25) is 0 Å². The zero-order valence-electron chi connectivity index (χ0n) is 20.5. The van der Waals surface area contributed by atoms with Crippen molar-refractivity contribution < 1.29 is 17.9 Å². The zero-order valence-corrected chi connectivity index (χ0v) is 21.3. The standard InChI is InChI=1S/C27H36N2O4S/c1-20-16-21(2)18-22(17-20)29(34(3,31)32)15-9-12-26(30)28-24-19-27(13-7-4-8-14-27)33-25-11-6-5-10-23(24)25/h5-6,10-11,16-18,24H,4,7-9,12-15,19H2,1-3H3,(H,28,30)/t24-/m0/s1. The summed E-state index contributed by atoms with van der Waals surface area (Å²) in [4.78, 5) is 12.9. The van der Waals surface area contributed by atoms with Gasteiger partial charge in [0.05, 0.1) is 18.0 Å². The van der Waals surface area contributed by atoms with Gasteiger partial charge in [-0.25, -0.2) is 8.42 Å². The molecule has 184 valence electrons. The normalized spacial score (nSPS) is 19.2. The highest BCUT2D eigenvalue weighted by molar-refractivity contribution is 7.92. The number of carbonyl (C=O) groups is 1. The number of sulfonamides is 1. The first kappa shape index (κ1) is 24.6. The van der Waals surface area contributed by atoms with E-state index in [4.69, 9.17) is 4.74 Å². The van der Waals surface area contributed by atoms with E-state index in [1.165, 1.54) is 17.0 Å². The minimum atomic E-state index is -3.45. The van der Waals surface area contributed by atoms with Crippen LogP contribution in [-0.4, -0.2) is 32.7 Å². The molecule has 1 heterocycles. The third-order valence-electron chi connectivity index (χ3n) is 6.96. The molecule has 4 rings (SSSR count). The molecule has 0 unspecified atom stereocenters. The van der Waals surface area contributed by atoms with Crippen LogP contribution in [0.4, 0.5) is 5.69 Å². The highest BCUT2D eigenvalue weighted by Crippen LogP contribution is 2.46. The Bertz CT molecular complexity index is 1120. The van der Waals surface area contributed by atoms with Crippen molar-refractivity contribution in [3.63, 3.8) is 0 Å². The van der Waals surface area contributed by atoms with E-state index in [-0.39, 0.29) is 30.5 Å². The summed E-state index contributed by atoms with van der Waals surface area (Å²) in [6.45, 7) is 4.17. The molecule has 1 amide bonds. The molecular weight excluding hydrogens is 448 g/mol. The van der Waals surface area contributed by atoms with E-state index in [0.29, 0.717) is 12.1 Å². The van der Waals surface area contributed by atoms with Gasteiger partial charge in [0.25, 0.3) is 0 Å². The smallest absolute Gasteiger partial charge is 0.232 e. The lowest BCUT2D eigenvalue weighted by Crippen LogP contribution is -2.46. The second kappa shape index (κ2) is 9.98. The van der Waals surface area contributed by atoms with Gasteiger partial charge < -0.3 is 10.1 Å². The summed E-state index contributed by atoms with van der Waals surface area (Å²) in [7, 11) is -3.45. The van der Waals surface area contributed by atoms with E-state index in [1.54, 1.807) is 0 Å². The second-order valence-electron chi connectivity index (χ2n) is 9.99. The first-order valence-corrected chi connectivity index (χ1v) is 14.1. The number of benzene rings is 2. The third-order valence-corrected chi connectivity index (χ3v) is 8.15. The molecular formula is C27H36N2O4S. The van der Waals surface area contributed by atoms with Gasteiger partial charge in [-0.05, 0) is 75.3 Å². The van der Waals surface area contributed by atoms with E-state index < -0.39 is 10.0 Å². The summed E-state index contributed by atoms with van der Waals surface area (Å²) in [5.74, 6) is 0.820. The fourth-order valence-electron chi connectivity index (χ4n) is 5.48. The second-order valence-corrected chi connectivity index (χ2v) is 11.9. The highest BCUT2D eigenvalue weighted by Gasteiger charge is 2.42. The van der Waals surface area contributed by atoms with Gasteiger partial charge in [-0.2, -0.15) is 0 Å². The van der Waals surface area contributed by atoms with Crippen molar-refractivity contribution in [1.82, 2.24) is 5.32 Å². The largest absolute Gasteiger partial charge is 0.487 e. The van der Waals surface area contributed by atoms with Crippen LogP contribution in [0.25, 0.3) is 0 Å². The van der Waals surface area contributed by atoms with Crippen LogP contribution in [0.5, 0.6) is 5.75 Å². The Kier molecular flexibility index (Phi) is 7.22. The van der Waals surface area contributed by atoms with Crippen LogP contribution in [0.15, 0.2) is 42.5 Å². The summed E-state index contributed by atoms with van der Waals surface area (Å²) in [5, 5.41) is 3.23. The Morgan fingerprint density at radius 1 is 1.09 bits per heavy atom. The Morgan fingerprint density at radius 3 is 2.44 bits per heavy atom. The number of hydrogen-bond acceptors (Lipinski definition) is 4. The van der Waals surface area contributed by atoms with Crippen LogP contribution in [-0.2, 0) is 14.8 Å². The van der Waals surface area contributed by atoms with Crippen molar-refractivity contribution in [3.05, 3.63) is 59.2 Å². The van der Waals surface area contributed by atoms with Crippen LogP contribution in [0.1, 0.15) is 74.1 Å². The van der Waals surface area contributed by atoms with Crippen molar-refractivity contribution in [2.45, 2.75) is 76.9 Å². The molecule has 1 spiro atoms. The van der Waals surface area contributed by atoms with Crippen molar-refractivity contribution in [2.75, 3.05) is 17.1 Å². The monoisotopic (exact) mass is 484 g/mol. The lowest BCUT2D eigenvalue weighted by atomic mass is 9.77. The number of amides is 1. The molecule has 1 fully saturated rings. The molecule has 0 bridgehead atoms. The maximum atomic E-state index is 12.9. The molecule has 1 aliphatic heterocycles. The summed E-state index contributed by atoms with van der Waals surface area (Å²) in [6.07, 6.45) is 8.30. The Balaban J connectivity index is 1.42. The molecule has 7 heteroatoms. The van der Waals surface area contributed by atoms with Crippen LogP contribution in [0, 0.1) is 13.8 Å². The first-order valence-electron chi connectivity index (χ1n) is 12.3. The topological polar surface area (TPSA) is 75.7 Å². The molecule has 0 aromatic heterocycles. The molecule has 2 aromatic rings. The van der Waals surface area contributed by atoms with Gasteiger partial charge in [-0.1, -0.05) is 30.7 Å². The number of aryl methyl sites for hydroxylation is 2. The summed E-state index contributed by atoms with van der Waals surface area (Å²) >= 11 is 0. The maximum absolute atomic E-state index is 12.9. The van der Waals surface area contributed by atoms with Crippen molar-refractivity contribution in [2.24, 2.45) is 0 Å². The van der Waals surface area contributed by atoms with Gasteiger partial charge in [-0.15, -0.1) is 0 Å². The maximum Gasteiger partial charge on any atom is 0.232 e. The fourth-order valence-corrected chi connectivity index (χ4v) is 6.43. The number of nitrogens with one attached hydrogen (secondary N) is 1. The van der Waals surface area contributed by atoms with Crippen LogP contribution >= 0.6 is 0 Å². The van der Waals surface area contributed by atoms with Gasteiger partial charge >= 0.3 is 0 Å². The van der Waals surface area contributed by atoms with Crippen molar-refractivity contribution in [3.8, 4) is 5.75 Å². The van der Waals surface area contributed by atoms with Crippen LogP contribution in [0.3, 0.4) is 0 Å². The quantitative estimate of drug-likeness (QED) is 0.587. The molecule has 0 saturated heterocycles. The molecule has 0 radical (unpaired) electrons. The molecule has 6 nitrogen and oxygen atoms in total. The van der Waals surface area contributed by atoms with E-state index in [0.717, 1.165) is 54.5 Å². The summed E-state index contributed by atoms with van der Waals surface area (Å²) in [6, 6.07) is 13.7. The Morgan fingerprint density at radius 2 is 1.76 bits per heavy atom. The van der Waals surface area contributed by atoms with E-state index in [9.17, 15) is 13.2 Å². The predicted molar refractivity (Wildman–Crippen MR) is 136 cm³/mol. The minimum Gasteiger partial charge on any atom is -0.487 e. The summed E-state index contributed by atoms with van der Waals surface area (Å²) < 4.78 is 32.8. The predicted octanol–water partition coefficient (Wildman–Crippen LogP) is 5.19. The molecule has 1 atom stereocenters. The number of nitrogens with zero attached hydrogens (tertiary/aromatic N) is 1. The van der Waals surface area contributed by atoms with Crippen LogP contribution < -0.4 is 14.4 Å². The van der Waals surface area contributed by atoms with E-state index in [1.807, 2.05) is 56.3 Å². The number of rotatable bonds is 7. The van der Waals surface area contributed by atoms with E-state index >= 15 is 0 Å². The van der Waals surface area contributed by atoms with Crippen molar-refractivity contribution in [1.29, 1.82) is 0 Å². The molecule has 1 saturated carbocycles. The first-order chi connectivity index (χ1) is 16.2. The Hall–Kier alpha value is -2.54. The van der Waals surface area contributed by atoms with Gasteiger partial charge in [0.15, 0.2) is 0 Å². The molecule has 2 aromatic carbocycles. The number of anilines is 1. The van der Waals surface area contributed by atoms with Gasteiger partial charge in [0.2, 0.25) is 15.9 Å². The molecule has 1 aliphatic carbocycles. The average molecular weight is 485 g/mol. The number of hydrogen-bond donors (Lipinski definition) is 1. The Labute approximate surface area is 203 Å². The number of fused-ring (bicyclic) bond motifs is 1. The molecule has 2 aliphatic rings. The van der Waals surface area contributed by atoms with Gasteiger partial charge in [-0.3, -0.25) is 9.10 Å².